The molecular weight excluding hydrogens is 282 g/mol. The molecule has 0 saturated heterocycles. The highest BCUT2D eigenvalue weighted by molar-refractivity contribution is 7.09. The average Bonchev–Trinajstić information content (AvgIpc) is 3.02. The lowest BCUT2D eigenvalue weighted by atomic mass is 10.0. The van der Waals surface area contributed by atoms with Crippen LogP contribution in [0, 0.1) is 0 Å². The highest BCUT2D eigenvalue weighted by Crippen LogP contribution is 2.12. The molecule has 1 aromatic heterocycles. The smallest absolute Gasteiger partial charge is 0.322 e. The fourth-order valence-corrected chi connectivity index (χ4v) is 3.04. The van der Waals surface area contributed by atoms with Crippen LogP contribution >= 0.6 is 11.3 Å². The molecular formula is C17H29NO2S. The van der Waals surface area contributed by atoms with Crippen LogP contribution in [0.1, 0.15) is 63.2 Å². The van der Waals surface area contributed by atoms with Gasteiger partial charge in [0.2, 0.25) is 0 Å². The molecule has 0 aliphatic carbocycles. The molecule has 1 atom stereocenters. The molecule has 0 aliphatic rings. The molecule has 0 amide bonds. The summed E-state index contributed by atoms with van der Waals surface area (Å²) in [5.41, 5.74) is 0. The van der Waals surface area contributed by atoms with Gasteiger partial charge in [-0.1, -0.05) is 57.9 Å². The van der Waals surface area contributed by atoms with Crippen molar-refractivity contribution in [3.8, 4) is 0 Å². The first-order valence-corrected chi connectivity index (χ1v) is 8.99. The van der Waals surface area contributed by atoms with E-state index in [4.69, 9.17) is 4.74 Å². The number of nitrogens with one attached hydrogen (secondary N) is 1. The molecule has 0 bridgehead atoms. The van der Waals surface area contributed by atoms with Crippen molar-refractivity contribution in [2.45, 2.75) is 70.9 Å². The van der Waals surface area contributed by atoms with E-state index >= 15 is 0 Å². The standard InChI is InChI=1S/C17H29NO2S/c1-3-4-5-6-7-8-9-12-16(17(19)20-2)18-14-15-11-10-13-21-15/h10-11,13,16,18H,3-9,12,14H2,1-2H3. The van der Waals surface area contributed by atoms with Crippen LogP contribution in [0.15, 0.2) is 17.5 Å². The number of carbonyl (C=O) groups excluding carboxylic acids is 1. The van der Waals surface area contributed by atoms with Crippen LogP contribution in [0.3, 0.4) is 0 Å². The summed E-state index contributed by atoms with van der Waals surface area (Å²) in [6.45, 7) is 2.98. The van der Waals surface area contributed by atoms with E-state index in [0.29, 0.717) is 0 Å². The van der Waals surface area contributed by atoms with Crippen LogP contribution in [-0.2, 0) is 16.1 Å². The lowest BCUT2D eigenvalue weighted by molar-refractivity contribution is -0.143. The molecule has 0 aliphatic heterocycles. The number of esters is 1. The summed E-state index contributed by atoms with van der Waals surface area (Å²) in [6.07, 6.45) is 9.73. The number of thiophene rings is 1. The molecule has 0 fully saturated rings. The topological polar surface area (TPSA) is 38.3 Å². The van der Waals surface area contributed by atoms with Gasteiger partial charge in [0.15, 0.2) is 0 Å². The Labute approximate surface area is 133 Å². The maximum absolute atomic E-state index is 11.8. The SMILES string of the molecule is CCCCCCCCCC(NCc1cccs1)C(=O)OC. The van der Waals surface area contributed by atoms with Gasteiger partial charge in [-0.05, 0) is 17.9 Å². The molecule has 0 radical (unpaired) electrons. The molecule has 1 aromatic rings. The first-order valence-electron chi connectivity index (χ1n) is 8.11. The van der Waals surface area contributed by atoms with Crippen molar-refractivity contribution in [1.82, 2.24) is 5.32 Å². The van der Waals surface area contributed by atoms with E-state index in [-0.39, 0.29) is 12.0 Å². The van der Waals surface area contributed by atoms with Crippen molar-refractivity contribution in [2.24, 2.45) is 0 Å². The minimum atomic E-state index is -0.173. The number of hydrogen-bond acceptors (Lipinski definition) is 4. The Morgan fingerprint density at radius 3 is 2.57 bits per heavy atom. The van der Waals surface area contributed by atoms with Crippen molar-refractivity contribution in [2.75, 3.05) is 7.11 Å². The zero-order valence-corrected chi connectivity index (χ0v) is 14.2. The molecule has 0 saturated carbocycles. The van der Waals surface area contributed by atoms with Crippen LogP contribution in [0.4, 0.5) is 0 Å². The molecule has 1 heterocycles. The van der Waals surface area contributed by atoms with Crippen LogP contribution in [0.5, 0.6) is 0 Å². The Morgan fingerprint density at radius 1 is 1.24 bits per heavy atom. The third-order valence-corrected chi connectivity index (χ3v) is 4.56. The van der Waals surface area contributed by atoms with Crippen molar-refractivity contribution in [3.05, 3.63) is 22.4 Å². The predicted molar refractivity (Wildman–Crippen MR) is 89.6 cm³/mol. The van der Waals surface area contributed by atoms with Crippen LogP contribution in [0.2, 0.25) is 0 Å². The summed E-state index contributed by atoms with van der Waals surface area (Å²) in [5, 5.41) is 5.38. The summed E-state index contributed by atoms with van der Waals surface area (Å²) in [6, 6.07) is 3.94. The van der Waals surface area contributed by atoms with Gasteiger partial charge in [0.05, 0.1) is 7.11 Å². The van der Waals surface area contributed by atoms with Crippen LogP contribution < -0.4 is 5.32 Å². The van der Waals surface area contributed by atoms with Gasteiger partial charge in [0.1, 0.15) is 6.04 Å². The molecule has 0 spiro atoms. The Balaban J connectivity index is 2.19. The Morgan fingerprint density at radius 2 is 1.95 bits per heavy atom. The average molecular weight is 311 g/mol. The molecule has 1 unspecified atom stereocenters. The van der Waals surface area contributed by atoms with Crippen LogP contribution in [-0.4, -0.2) is 19.1 Å². The largest absolute Gasteiger partial charge is 0.468 e. The normalized spacial score (nSPS) is 12.3. The third-order valence-electron chi connectivity index (χ3n) is 3.68. The fourth-order valence-electron chi connectivity index (χ4n) is 2.39. The summed E-state index contributed by atoms with van der Waals surface area (Å²) in [4.78, 5) is 13.0. The zero-order valence-electron chi connectivity index (χ0n) is 13.4. The third kappa shape index (κ3) is 8.22. The van der Waals surface area contributed by atoms with Crippen molar-refractivity contribution in [3.63, 3.8) is 0 Å². The number of methoxy groups -OCH3 is 1. The Bertz CT molecular complexity index is 365. The number of ether oxygens (including phenoxy) is 1. The first-order chi connectivity index (χ1) is 10.3. The van der Waals surface area contributed by atoms with Gasteiger partial charge < -0.3 is 4.74 Å². The van der Waals surface area contributed by atoms with E-state index in [0.717, 1.165) is 19.4 Å². The molecule has 21 heavy (non-hydrogen) atoms. The quantitative estimate of drug-likeness (QED) is 0.455. The van der Waals surface area contributed by atoms with Crippen LogP contribution in [0.25, 0.3) is 0 Å². The second-order valence-corrected chi connectivity index (χ2v) is 6.48. The Kier molecular flexibility index (Phi) is 10.2. The lowest BCUT2D eigenvalue weighted by Gasteiger charge is -2.15. The number of rotatable bonds is 12. The van der Waals surface area contributed by atoms with Crippen molar-refractivity contribution in [1.29, 1.82) is 0 Å². The first kappa shape index (κ1) is 18.2. The van der Waals surface area contributed by atoms with Gasteiger partial charge in [-0.3, -0.25) is 10.1 Å². The van der Waals surface area contributed by atoms with E-state index in [1.807, 2.05) is 6.07 Å². The molecule has 4 heteroatoms. The lowest BCUT2D eigenvalue weighted by Crippen LogP contribution is -2.37. The molecule has 1 N–H and O–H groups in total. The Hall–Kier alpha value is -0.870. The van der Waals surface area contributed by atoms with Gasteiger partial charge in [-0.2, -0.15) is 0 Å². The van der Waals surface area contributed by atoms with Gasteiger partial charge in [0.25, 0.3) is 0 Å². The molecule has 120 valence electrons. The monoisotopic (exact) mass is 311 g/mol. The van der Waals surface area contributed by atoms with Crippen molar-refractivity contribution < 1.29 is 9.53 Å². The maximum Gasteiger partial charge on any atom is 0.322 e. The van der Waals surface area contributed by atoms with E-state index in [9.17, 15) is 4.79 Å². The minimum Gasteiger partial charge on any atom is -0.468 e. The number of hydrogen-bond donors (Lipinski definition) is 1. The van der Waals surface area contributed by atoms with Gasteiger partial charge in [-0.25, -0.2) is 0 Å². The highest BCUT2D eigenvalue weighted by Gasteiger charge is 2.17. The molecule has 1 rings (SSSR count). The zero-order chi connectivity index (χ0) is 15.3. The number of carbonyl (C=O) groups is 1. The summed E-state index contributed by atoms with van der Waals surface area (Å²) in [5.74, 6) is -0.141. The second kappa shape index (κ2) is 11.8. The maximum atomic E-state index is 11.8. The van der Waals surface area contributed by atoms with Gasteiger partial charge in [-0.15, -0.1) is 11.3 Å². The van der Waals surface area contributed by atoms with E-state index in [1.54, 1.807) is 11.3 Å². The van der Waals surface area contributed by atoms with E-state index in [1.165, 1.54) is 50.5 Å². The number of unbranched alkanes of at least 4 members (excludes halogenated alkanes) is 6. The minimum absolute atomic E-state index is 0.141. The summed E-state index contributed by atoms with van der Waals surface area (Å²) >= 11 is 1.71. The predicted octanol–water partition coefficient (Wildman–Crippen LogP) is 4.52. The summed E-state index contributed by atoms with van der Waals surface area (Å²) in [7, 11) is 1.47. The van der Waals surface area contributed by atoms with E-state index < -0.39 is 0 Å². The van der Waals surface area contributed by atoms with E-state index in [2.05, 4.69) is 23.7 Å². The van der Waals surface area contributed by atoms with Gasteiger partial charge >= 0.3 is 5.97 Å². The molecule has 0 aromatic carbocycles. The van der Waals surface area contributed by atoms with Crippen molar-refractivity contribution >= 4 is 17.3 Å². The second-order valence-electron chi connectivity index (χ2n) is 5.45. The molecule has 3 nitrogen and oxygen atoms in total. The van der Waals surface area contributed by atoms with Gasteiger partial charge in [0, 0.05) is 11.4 Å². The summed E-state index contributed by atoms with van der Waals surface area (Å²) < 4.78 is 4.89. The highest BCUT2D eigenvalue weighted by atomic mass is 32.1. The fraction of sp³-hybridized carbons (Fsp3) is 0.706.